The van der Waals surface area contributed by atoms with Crippen LogP contribution in [0.4, 0.5) is 0 Å². The van der Waals surface area contributed by atoms with E-state index < -0.39 is 0 Å². The lowest BCUT2D eigenvalue weighted by Crippen LogP contribution is -2.29. The van der Waals surface area contributed by atoms with Gasteiger partial charge in [0.25, 0.3) is 0 Å². The smallest absolute Gasteiger partial charge is 0.245 e. The molecule has 0 bridgehead atoms. The number of amides is 1. The highest BCUT2D eigenvalue weighted by Crippen LogP contribution is 1.96. The molecular formula is C12H26N2O3. The van der Waals surface area contributed by atoms with E-state index in [1.165, 1.54) is 19.3 Å². The Labute approximate surface area is 104 Å². The summed E-state index contributed by atoms with van der Waals surface area (Å²) in [4.78, 5) is 11.3. The Morgan fingerprint density at radius 2 is 1.88 bits per heavy atom. The van der Waals surface area contributed by atoms with Crippen molar-refractivity contribution in [1.82, 2.24) is 5.32 Å². The van der Waals surface area contributed by atoms with Crippen molar-refractivity contribution in [2.75, 3.05) is 39.5 Å². The summed E-state index contributed by atoms with van der Waals surface area (Å²) in [7, 11) is 0. The molecule has 0 heterocycles. The Morgan fingerprint density at radius 1 is 1.12 bits per heavy atom. The van der Waals surface area contributed by atoms with E-state index in [9.17, 15) is 4.79 Å². The zero-order valence-corrected chi connectivity index (χ0v) is 10.9. The van der Waals surface area contributed by atoms with E-state index in [1.54, 1.807) is 0 Å². The van der Waals surface area contributed by atoms with Gasteiger partial charge in [-0.25, -0.2) is 0 Å². The highest BCUT2D eigenvalue weighted by atomic mass is 16.5. The summed E-state index contributed by atoms with van der Waals surface area (Å²) in [6.45, 7) is 4.99. The number of hydrogen-bond acceptors (Lipinski definition) is 4. The van der Waals surface area contributed by atoms with Gasteiger partial charge in [-0.3, -0.25) is 4.79 Å². The van der Waals surface area contributed by atoms with Gasteiger partial charge in [-0.2, -0.15) is 0 Å². The molecule has 5 heteroatoms. The molecule has 0 aliphatic rings. The van der Waals surface area contributed by atoms with Crippen LogP contribution in [0.1, 0.15) is 32.6 Å². The molecule has 1 amide bonds. The van der Waals surface area contributed by atoms with Crippen LogP contribution in [0.25, 0.3) is 0 Å². The number of carbonyl (C=O) groups is 1. The number of nitrogens with two attached hydrogens (primary N) is 1. The number of hydrogen-bond donors (Lipinski definition) is 2. The molecule has 0 radical (unpaired) electrons. The molecule has 3 N–H and O–H groups in total. The Bertz CT molecular complexity index is 177. The highest BCUT2D eigenvalue weighted by molar-refractivity contribution is 5.77. The summed E-state index contributed by atoms with van der Waals surface area (Å²) in [5.41, 5.74) is 5.25. The predicted molar refractivity (Wildman–Crippen MR) is 67.8 cm³/mol. The van der Waals surface area contributed by atoms with Crippen LogP contribution < -0.4 is 11.1 Å². The van der Waals surface area contributed by atoms with Gasteiger partial charge < -0.3 is 20.5 Å². The van der Waals surface area contributed by atoms with Gasteiger partial charge in [0.05, 0.1) is 19.8 Å². The van der Waals surface area contributed by atoms with Crippen LogP contribution in [0.3, 0.4) is 0 Å². The van der Waals surface area contributed by atoms with E-state index in [0.29, 0.717) is 26.4 Å². The third-order valence-corrected chi connectivity index (χ3v) is 2.22. The van der Waals surface area contributed by atoms with Gasteiger partial charge in [-0.05, 0) is 6.42 Å². The average molecular weight is 246 g/mol. The molecule has 0 atom stereocenters. The molecular weight excluding hydrogens is 220 g/mol. The van der Waals surface area contributed by atoms with Gasteiger partial charge in [0.1, 0.15) is 6.61 Å². The number of unbranched alkanes of at least 4 members (excludes halogenated alkanes) is 3. The van der Waals surface area contributed by atoms with Gasteiger partial charge in [-0.15, -0.1) is 0 Å². The van der Waals surface area contributed by atoms with E-state index >= 15 is 0 Å². The van der Waals surface area contributed by atoms with E-state index in [1.807, 2.05) is 0 Å². The molecule has 0 rings (SSSR count). The van der Waals surface area contributed by atoms with Crippen molar-refractivity contribution < 1.29 is 14.3 Å². The second-order valence-corrected chi connectivity index (χ2v) is 3.86. The van der Waals surface area contributed by atoms with Gasteiger partial charge in [0.2, 0.25) is 5.91 Å². The highest BCUT2D eigenvalue weighted by Gasteiger charge is 1.99. The number of ether oxygens (including phenoxy) is 2. The SMILES string of the molecule is CCCCCCNC(=O)COCCOCCN. The Kier molecular flexibility index (Phi) is 12.9. The number of rotatable bonds is 12. The topological polar surface area (TPSA) is 73.6 Å². The van der Waals surface area contributed by atoms with Crippen molar-refractivity contribution in [3.8, 4) is 0 Å². The van der Waals surface area contributed by atoms with E-state index in [0.717, 1.165) is 13.0 Å². The largest absolute Gasteiger partial charge is 0.378 e. The van der Waals surface area contributed by atoms with Gasteiger partial charge in [0.15, 0.2) is 0 Å². The molecule has 0 aromatic heterocycles. The maximum atomic E-state index is 11.3. The van der Waals surface area contributed by atoms with E-state index in [4.69, 9.17) is 15.2 Å². The first kappa shape index (κ1) is 16.4. The fourth-order valence-corrected chi connectivity index (χ4v) is 1.30. The summed E-state index contributed by atoms with van der Waals surface area (Å²) < 4.78 is 10.3. The Morgan fingerprint density at radius 3 is 2.59 bits per heavy atom. The van der Waals surface area contributed by atoms with Crippen molar-refractivity contribution in [1.29, 1.82) is 0 Å². The summed E-state index contributed by atoms with van der Waals surface area (Å²) in [6.07, 6.45) is 4.65. The van der Waals surface area contributed by atoms with Crippen LogP contribution in [0.5, 0.6) is 0 Å². The van der Waals surface area contributed by atoms with Gasteiger partial charge >= 0.3 is 0 Å². The lowest BCUT2D eigenvalue weighted by atomic mass is 10.2. The minimum Gasteiger partial charge on any atom is -0.378 e. The molecule has 0 aromatic carbocycles. The first-order chi connectivity index (χ1) is 8.31. The molecule has 0 unspecified atom stereocenters. The number of nitrogens with one attached hydrogen (secondary N) is 1. The third kappa shape index (κ3) is 13.3. The molecule has 0 aliphatic heterocycles. The van der Waals surface area contributed by atoms with Crippen molar-refractivity contribution >= 4 is 5.91 Å². The summed E-state index contributed by atoms with van der Waals surface area (Å²) in [6, 6.07) is 0. The van der Waals surface area contributed by atoms with Gasteiger partial charge in [-0.1, -0.05) is 26.2 Å². The molecule has 0 aromatic rings. The molecule has 5 nitrogen and oxygen atoms in total. The van der Waals surface area contributed by atoms with Crippen LogP contribution in [0, 0.1) is 0 Å². The quantitative estimate of drug-likeness (QED) is 0.497. The van der Waals surface area contributed by atoms with Crippen LogP contribution >= 0.6 is 0 Å². The maximum absolute atomic E-state index is 11.3. The zero-order valence-electron chi connectivity index (χ0n) is 10.9. The first-order valence-electron chi connectivity index (χ1n) is 6.43. The normalized spacial score (nSPS) is 10.5. The third-order valence-electron chi connectivity index (χ3n) is 2.22. The Hall–Kier alpha value is -0.650. The summed E-state index contributed by atoms with van der Waals surface area (Å²) in [5.74, 6) is -0.0553. The van der Waals surface area contributed by atoms with E-state index in [2.05, 4.69) is 12.2 Å². The van der Waals surface area contributed by atoms with Crippen molar-refractivity contribution in [3.05, 3.63) is 0 Å². The summed E-state index contributed by atoms with van der Waals surface area (Å²) in [5, 5.41) is 2.82. The molecule has 0 saturated heterocycles. The predicted octanol–water partition coefficient (Wildman–Crippen LogP) is 0.675. The van der Waals surface area contributed by atoms with Crippen molar-refractivity contribution in [3.63, 3.8) is 0 Å². The van der Waals surface area contributed by atoms with E-state index in [-0.39, 0.29) is 12.5 Å². The molecule has 0 spiro atoms. The maximum Gasteiger partial charge on any atom is 0.245 e. The minimum absolute atomic E-state index is 0.0553. The average Bonchev–Trinajstić information content (AvgIpc) is 2.33. The van der Waals surface area contributed by atoms with Crippen LogP contribution in [0.2, 0.25) is 0 Å². The van der Waals surface area contributed by atoms with Crippen molar-refractivity contribution in [2.24, 2.45) is 5.73 Å². The summed E-state index contributed by atoms with van der Waals surface area (Å²) >= 11 is 0. The van der Waals surface area contributed by atoms with Gasteiger partial charge in [0, 0.05) is 13.1 Å². The molecule has 0 aliphatic carbocycles. The van der Waals surface area contributed by atoms with Crippen LogP contribution in [0.15, 0.2) is 0 Å². The molecule has 17 heavy (non-hydrogen) atoms. The standard InChI is InChI=1S/C12H26N2O3/c1-2-3-4-5-7-14-12(15)11-17-10-9-16-8-6-13/h2-11,13H2,1H3,(H,14,15). The minimum atomic E-state index is -0.0553. The van der Waals surface area contributed by atoms with Crippen LogP contribution in [-0.4, -0.2) is 45.4 Å². The molecule has 102 valence electrons. The Balaban J connectivity index is 3.12. The molecule has 0 saturated carbocycles. The number of carbonyl (C=O) groups excluding carboxylic acids is 1. The second kappa shape index (κ2) is 13.4. The second-order valence-electron chi connectivity index (χ2n) is 3.86. The lowest BCUT2D eigenvalue weighted by molar-refractivity contribution is -0.126. The lowest BCUT2D eigenvalue weighted by Gasteiger charge is -2.06. The fourth-order valence-electron chi connectivity index (χ4n) is 1.30. The fraction of sp³-hybridized carbons (Fsp3) is 0.917. The van der Waals surface area contributed by atoms with Crippen molar-refractivity contribution in [2.45, 2.75) is 32.6 Å². The van der Waals surface area contributed by atoms with Crippen LogP contribution in [-0.2, 0) is 14.3 Å². The molecule has 0 fully saturated rings. The zero-order chi connectivity index (χ0) is 12.8. The monoisotopic (exact) mass is 246 g/mol. The first-order valence-corrected chi connectivity index (χ1v) is 6.43.